The van der Waals surface area contributed by atoms with E-state index in [0.717, 1.165) is 12.8 Å². The van der Waals surface area contributed by atoms with E-state index in [2.05, 4.69) is 15.3 Å². The molecule has 1 fully saturated rings. The lowest BCUT2D eigenvalue weighted by atomic mass is 10.1. The Balaban J connectivity index is 2.24. The fraction of sp³-hybridized carbons (Fsp3) is 0.667. The van der Waals surface area contributed by atoms with Crippen LogP contribution in [0.1, 0.15) is 26.2 Å². The number of hydrogen-bond donors (Lipinski definition) is 2. The largest absolute Gasteiger partial charge is 0.395 e. The van der Waals surface area contributed by atoms with Crippen molar-refractivity contribution in [1.29, 1.82) is 0 Å². The van der Waals surface area contributed by atoms with E-state index in [1.54, 1.807) is 0 Å². The van der Waals surface area contributed by atoms with Crippen molar-refractivity contribution in [2.45, 2.75) is 37.1 Å². The molecule has 2 heterocycles. The minimum atomic E-state index is -3.63. The van der Waals surface area contributed by atoms with Crippen LogP contribution in [0.25, 0.3) is 0 Å². The first-order chi connectivity index (χ1) is 9.59. The van der Waals surface area contributed by atoms with Crippen LogP contribution in [-0.2, 0) is 10.0 Å². The first kappa shape index (κ1) is 15.1. The number of anilines is 1. The van der Waals surface area contributed by atoms with Gasteiger partial charge in [-0.2, -0.15) is 4.31 Å². The van der Waals surface area contributed by atoms with Crippen molar-refractivity contribution in [2.75, 3.05) is 25.0 Å². The maximum absolute atomic E-state index is 12.5. The van der Waals surface area contributed by atoms with Gasteiger partial charge in [0.15, 0.2) is 0 Å². The molecule has 112 valence electrons. The first-order valence-electron chi connectivity index (χ1n) is 6.78. The van der Waals surface area contributed by atoms with Gasteiger partial charge in [-0.15, -0.1) is 0 Å². The highest BCUT2D eigenvalue weighted by molar-refractivity contribution is 7.89. The highest BCUT2D eigenvalue weighted by Gasteiger charge is 2.33. The van der Waals surface area contributed by atoms with Gasteiger partial charge in [-0.3, -0.25) is 0 Å². The molecule has 1 unspecified atom stereocenters. The molecule has 2 rings (SSSR count). The molecule has 2 N–H and O–H groups in total. The SMILES string of the molecule is CCNc1ncc(S(=O)(=O)N2CCCCC2CO)cn1. The number of nitrogens with zero attached hydrogens (tertiary/aromatic N) is 3. The summed E-state index contributed by atoms with van der Waals surface area (Å²) in [5.74, 6) is 0.406. The molecule has 0 spiro atoms. The Labute approximate surface area is 119 Å². The van der Waals surface area contributed by atoms with Crippen molar-refractivity contribution in [1.82, 2.24) is 14.3 Å². The standard InChI is InChI=1S/C12H20N4O3S/c1-2-13-12-14-7-11(8-15-12)20(18,19)16-6-4-3-5-10(16)9-17/h7-8,10,17H,2-6,9H2,1H3,(H,13,14,15). The lowest BCUT2D eigenvalue weighted by Gasteiger charge is -2.33. The molecule has 1 aromatic rings. The van der Waals surface area contributed by atoms with Gasteiger partial charge in [0, 0.05) is 19.1 Å². The smallest absolute Gasteiger partial charge is 0.246 e. The van der Waals surface area contributed by atoms with E-state index < -0.39 is 10.0 Å². The second kappa shape index (κ2) is 6.47. The molecule has 1 aromatic heterocycles. The third kappa shape index (κ3) is 3.08. The molecular formula is C12H20N4O3S. The quantitative estimate of drug-likeness (QED) is 0.819. The average molecular weight is 300 g/mol. The molecule has 1 atom stereocenters. The molecule has 0 amide bonds. The Kier molecular flexibility index (Phi) is 4.90. The predicted molar refractivity (Wildman–Crippen MR) is 74.8 cm³/mol. The number of hydrogen-bond acceptors (Lipinski definition) is 6. The summed E-state index contributed by atoms with van der Waals surface area (Å²) in [5, 5.41) is 12.3. The van der Waals surface area contributed by atoms with Crippen molar-refractivity contribution < 1.29 is 13.5 Å². The molecule has 0 bridgehead atoms. The summed E-state index contributed by atoms with van der Waals surface area (Å²) in [6.45, 7) is 2.86. The normalized spacial score (nSPS) is 20.8. The van der Waals surface area contributed by atoms with E-state index in [1.165, 1.54) is 16.7 Å². The third-order valence-electron chi connectivity index (χ3n) is 3.35. The molecule has 1 aliphatic heterocycles. The monoisotopic (exact) mass is 300 g/mol. The number of aromatic nitrogens is 2. The van der Waals surface area contributed by atoms with Gasteiger partial charge in [-0.1, -0.05) is 6.42 Å². The van der Waals surface area contributed by atoms with E-state index in [0.29, 0.717) is 25.5 Å². The summed E-state index contributed by atoms with van der Waals surface area (Å²) in [6.07, 6.45) is 5.05. The van der Waals surface area contributed by atoms with E-state index in [4.69, 9.17) is 0 Å². The molecule has 1 aliphatic rings. The Bertz CT molecular complexity index is 532. The van der Waals surface area contributed by atoms with Gasteiger partial charge < -0.3 is 10.4 Å². The van der Waals surface area contributed by atoms with Gasteiger partial charge in [-0.05, 0) is 19.8 Å². The third-order valence-corrected chi connectivity index (χ3v) is 5.26. The van der Waals surface area contributed by atoms with Gasteiger partial charge in [0.25, 0.3) is 0 Å². The van der Waals surface area contributed by atoms with E-state index in [1.807, 2.05) is 6.92 Å². The number of aliphatic hydroxyl groups excluding tert-OH is 1. The van der Waals surface area contributed by atoms with Crippen LogP contribution in [0.15, 0.2) is 17.3 Å². The van der Waals surface area contributed by atoms with E-state index in [9.17, 15) is 13.5 Å². The fourth-order valence-electron chi connectivity index (χ4n) is 2.31. The molecule has 7 nitrogen and oxygen atoms in total. The Morgan fingerprint density at radius 2 is 2.10 bits per heavy atom. The van der Waals surface area contributed by atoms with Crippen LogP contribution in [0.2, 0.25) is 0 Å². The zero-order valence-corrected chi connectivity index (χ0v) is 12.3. The topological polar surface area (TPSA) is 95.4 Å². The van der Waals surface area contributed by atoms with E-state index in [-0.39, 0.29) is 17.5 Å². The molecule has 0 aliphatic carbocycles. The maximum atomic E-state index is 12.5. The second-order valence-electron chi connectivity index (χ2n) is 4.72. The van der Waals surface area contributed by atoms with Gasteiger partial charge >= 0.3 is 0 Å². The molecular weight excluding hydrogens is 280 g/mol. The summed E-state index contributed by atoms with van der Waals surface area (Å²) >= 11 is 0. The van der Waals surface area contributed by atoms with Crippen molar-refractivity contribution >= 4 is 16.0 Å². The van der Waals surface area contributed by atoms with Crippen molar-refractivity contribution in [3.8, 4) is 0 Å². The van der Waals surface area contributed by atoms with Crippen molar-refractivity contribution in [3.05, 3.63) is 12.4 Å². The predicted octanol–water partition coefficient (Wildman–Crippen LogP) is 0.444. The maximum Gasteiger partial charge on any atom is 0.246 e. The van der Waals surface area contributed by atoms with Crippen LogP contribution in [-0.4, -0.2) is 53.5 Å². The van der Waals surface area contributed by atoms with Gasteiger partial charge in [0.1, 0.15) is 4.90 Å². The lowest BCUT2D eigenvalue weighted by Crippen LogP contribution is -2.45. The van der Waals surface area contributed by atoms with Crippen LogP contribution >= 0.6 is 0 Å². The molecule has 0 radical (unpaired) electrons. The molecule has 1 saturated heterocycles. The first-order valence-corrected chi connectivity index (χ1v) is 8.22. The molecule has 8 heteroatoms. The van der Waals surface area contributed by atoms with Crippen LogP contribution in [0.4, 0.5) is 5.95 Å². The highest BCUT2D eigenvalue weighted by atomic mass is 32.2. The van der Waals surface area contributed by atoms with E-state index >= 15 is 0 Å². The Morgan fingerprint density at radius 1 is 1.40 bits per heavy atom. The minimum absolute atomic E-state index is 0.0690. The number of rotatable bonds is 5. The van der Waals surface area contributed by atoms with Gasteiger partial charge in [-0.25, -0.2) is 18.4 Å². The summed E-state index contributed by atoms with van der Waals surface area (Å²) < 4.78 is 26.4. The zero-order valence-electron chi connectivity index (χ0n) is 11.5. The minimum Gasteiger partial charge on any atom is -0.395 e. The molecule has 0 saturated carbocycles. The summed E-state index contributed by atoms with van der Waals surface area (Å²) in [7, 11) is -3.63. The van der Waals surface area contributed by atoms with Gasteiger partial charge in [0.2, 0.25) is 16.0 Å². The second-order valence-corrected chi connectivity index (χ2v) is 6.61. The number of piperidine rings is 1. The number of nitrogens with one attached hydrogen (secondary N) is 1. The number of sulfonamides is 1. The molecule has 0 aromatic carbocycles. The number of aliphatic hydroxyl groups is 1. The highest BCUT2D eigenvalue weighted by Crippen LogP contribution is 2.24. The Hall–Kier alpha value is -1.25. The van der Waals surface area contributed by atoms with Crippen LogP contribution in [0, 0.1) is 0 Å². The fourth-order valence-corrected chi connectivity index (χ4v) is 3.88. The lowest BCUT2D eigenvalue weighted by molar-refractivity contribution is 0.155. The Morgan fingerprint density at radius 3 is 2.70 bits per heavy atom. The van der Waals surface area contributed by atoms with Crippen molar-refractivity contribution in [3.63, 3.8) is 0 Å². The van der Waals surface area contributed by atoms with Crippen LogP contribution in [0.3, 0.4) is 0 Å². The summed E-state index contributed by atoms with van der Waals surface area (Å²) in [4.78, 5) is 8.05. The van der Waals surface area contributed by atoms with Crippen molar-refractivity contribution in [2.24, 2.45) is 0 Å². The zero-order chi connectivity index (χ0) is 14.6. The summed E-state index contributed by atoms with van der Waals surface area (Å²) in [5.41, 5.74) is 0. The van der Waals surface area contributed by atoms with Crippen LogP contribution < -0.4 is 5.32 Å². The van der Waals surface area contributed by atoms with Gasteiger partial charge in [0.05, 0.1) is 19.0 Å². The molecule has 20 heavy (non-hydrogen) atoms. The van der Waals surface area contributed by atoms with Crippen LogP contribution in [0.5, 0.6) is 0 Å². The average Bonchev–Trinajstić information content (AvgIpc) is 2.48. The summed E-state index contributed by atoms with van der Waals surface area (Å²) in [6, 6.07) is -0.345.